The quantitative estimate of drug-likeness (QED) is 0.757. The third-order valence-electron chi connectivity index (χ3n) is 2.66. The minimum Gasteiger partial charge on any atom is -0.341 e. The van der Waals surface area contributed by atoms with Crippen molar-refractivity contribution in [2.45, 2.75) is 17.8 Å². The van der Waals surface area contributed by atoms with Crippen LogP contribution >= 0.6 is 46.3 Å². The Morgan fingerprint density at radius 1 is 1.33 bits per heavy atom. The maximum absolute atomic E-state index is 12.1. The lowest BCUT2D eigenvalue weighted by molar-refractivity contribution is -0.127. The number of hydrogen-bond acceptors (Lipinski definition) is 5. The van der Waals surface area contributed by atoms with Crippen molar-refractivity contribution in [2.24, 2.45) is 0 Å². The number of rotatable bonds is 5. The van der Waals surface area contributed by atoms with E-state index in [4.69, 9.17) is 23.2 Å². The zero-order valence-corrected chi connectivity index (χ0v) is 14.6. The van der Waals surface area contributed by atoms with Gasteiger partial charge in [0.2, 0.25) is 5.91 Å². The number of thioether (sulfide) groups is 1. The number of aromatic nitrogens is 2. The molecule has 1 aromatic heterocycles. The molecule has 0 N–H and O–H groups in total. The number of benzene rings is 1. The van der Waals surface area contributed by atoms with Gasteiger partial charge in [0, 0.05) is 13.6 Å². The predicted octanol–water partition coefficient (Wildman–Crippen LogP) is 3.90. The Kier molecular flexibility index (Phi) is 5.87. The molecule has 0 atom stereocenters. The first kappa shape index (κ1) is 16.5. The molecule has 0 fully saturated rings. The van der Waals surface area contributed by atoms with Crippen LogP contribution in [0.4, 0.5) is 0 Å². The second kappa shape index (κ2) is 7.45. The number of carbonyl (C=O) groups excluding carboxylic acids is 1. The Morgan fingerprint density at radius 2 is 2.10 bits per heavy atom. The molecule has 0 aliphatic heterocycles. The molecule has 8 heteroatoms. The van der Waals surface area contributed by atoms with E-state index in [-0.39, 0.29) is 5.91 Å². The summed E-state index contributed by atoms with van der Waals surface area (Å²) in [7, 11) is 1.76. The van der Waals surface area contributed by atoms with Crippen molar-refractivity contribution in [2.75, 3.05) is 12.8 Å². The summed E-state index contributed by atoms with van der Waals surface area (Å²) >= 11 is 14.7. The van der Waals surface area contributed by atoms with Gasteiger partial charge in [-0.3, -0.25) is 4.79 Å². The van der Waals surface area contributed by atoms with Crippen LogP contribution in [0.25, 0.3) is 0 Å². The first-order valence-corrected chi connectivity index (χ1v) is 8.62. The van der Waals surface area contributed by atoms with E-state index in [0.29, 0.717) is 22.3 Å². The Hall–Kier alpha value is -0.820. The van der Waals surface area contributed by atoms with Gasteiger partial charge in [0.05, 0.1) is 15.8 Å². The van der Waals surface area contributed by atoms with Crippen LogP contribution in [-0.4, -0.2) is 33.8 Å². The second-order valence-electron chi connectivity index (χ2n) is 4.37. The average molecular weight is 362 g/mol. The average Bonchev–Trinajstić information content (AvgIpc) is 2.86. The van der Waals surface area contributed by atoms with Crippen molar-refractivity contribution in [3.8, 4) is 0 Å². The topological polar surface area (TPSA) is 46.1 Å². The molecule has 0 aliphatic carbocycles. The van der Waals surface area contributed by atoms with Crippen LogP contribution < -0.4 is 0 Å². The summed E-state index contributed by atoms with van der Waals surface area (Å²) in [6.45, 7) is 2.38. The van der Waals surface area contributed by atoms with Crippen molar-refractivity contribution in [1.82, 2.24) is 15.1 Å². The lowest BCUT2D eigenvalue weighted by Crippen LogP contribution is -2.27. The minimum absolute atomic E-state index is 0.0268. The summed E-state index contributed by atoms with van der Waals surface area (Å²) in [5.74, 6) is 0.367. The Bertz CT molecular complexity index is 648. The zero-order valence-electron chi connectivity index (χ0n) is 11.5. The van der Waals surface area contributed by atoms with Crippen LogP contribution in [0.3, 0.4) is 0 Å². The van der Waals surface area contributed by atoms with E-state index in [2.05, 4.69) is 10.2 Å². The molecular weight excluding hydrogens is 349 g/mol. The summed E-state index contributed by atoms with van der Waals surface area (Å²) in [5.41, 5.74) is 0.942. The Balaban J connectivity index is 1.88. The molecule has 1 amide bonds. The lowest BCUT2D eigenvalue weighted by Gasteiger charge is -2.17. The number of halogens is 2. The number of aryl methyl sites for hydroxylation is 1. The highest BCUT2D eigenvalue weighted by atomic mass is 35.5. The zero-order chi connectivity index (χ0) is 15.4. The third-order valence-corrected chi connectivity index (χ3v) is 5.35. The predicted molar refractivity (Wildman–Crippen MR) is 88.3 cm³/mol. The van der Waals surface area contributed by atoms with Gasteiger partial charge >= 0.3 is 0 Å². The van der Waals surface area contributed by atoms with Crippen molar-refractivity contribution in [3.05, 3.63) is 38.8 Å². The molecule has 0 saturated heterocycles. The number of nitrogens with zero attached hydrogens (tertiary/aromatic N) is 3. The first-order valence-electron chi connectivity index (χ1n) is 6.06. The SMILES string of the molecule is Cc1nnc(SCC(=O)N(C)Cc2ccc(Cl)c(Cl)c2)s1. The van der Waals surface area contributed by atoms with Crippen LogP contribution in [-0.2, 0) is 11.3 Å². The number of amides is 1. The highest BCUT2D eigenvalue weighted by Crippen LogP contribution is 2.24. The minimum atomic E-state index is 0.0268. The molecule has 112 valence electrons. The van der Waals surface area contributed by atoms with Gasteiger partial charge in [-0.1, -0.05) is 52.4 Å². The van der Waals surface area contributed by atoms with Gasteiger partial charge in [-0.25, -0.2) is 0 Å². The summed E-state index contributed by atoms with van der Waals surface area (Å²) in [6, 6.07) is 5.37. The second-order valence-corrected chi connectivity index (χ2v) is 7.59. The van der Waals surface area contributed by atoms with E-state index in [9.17, 15) is 4.79 Å². The van der Waals surface area contributed by atoms with Gasteiger partial charge in [0.15, 0.2) is 4.34 Å². The summed E-state index contributed by atoms with van der Waals surface area (Å²) < 4.78 is 0.809. The smallest absolute Gasteiger partial charge is 0.233 e. The first-order chi connectivity index (χ1) is 9.95. The van der Waals surface area contributed by atoms with Crippen LogP contribution in [0.5, 0.6) is 0 Å². The number of hydrogen-bond donors (Lipinski definition) is 0. The molecular formula is C13H13Cl2N3OS2. The van der Waals surface area contributed by atoms with Gasteiger partial charge < -0.3 is 4.90 Å². The fourth-order valence-corrected chi connectivity index (χ4v) is 3.65. The van der Waals surface area contributed by atoms with E-state index in [1.54, 1.807) is 24.1 Å². The molecule has 0 spiro atoms. The fourth-order valence-electron chi connectivity index (χ4n) is 1.57. The van der Waals surface area contributed by atoms with Crippen LogP contribution in [0.1, 0.15) is 10.6 Å². The van der Waals surface area contributed by atoms with Gasteiger partial charge in [0.25, 0.3) is 0 Å². The molecule has 21 heavy (non-hydrogen) atoms. The summed E-state index contributed by atoms with van der Waals surface area (Å²) in [5, 5.41) is 9.80. The highest BCUT2D eigenvalue weighted by Gasteiger charge is 2.12. The van der Waals surface area contributed by atoms with Gasteiger partial charge in [-0.15, -0.1) is 10.2 Å². The van der Waals surface area contributed by atoms with Crippen molar-refractivity contribution < 1.29 is 4.79 Å². The molecule has 0 radical (unpaired) electrons. The highest BCUT2D eigenvalue weighted by molar-refractivity contribution is 8.01. The normalized spacial score (nSPS) is 10.7. The van der Waals surface area contributed by atoms with Crippen molar-refractivity contribution in [1.29, 1.82) is 0 Å². The molecule has 2 rings (SSSR count). The standard InChI is InChI=1S/C13H13Cl2N3OS2/c1-8-16-17-13(21-8)20-7-12(19)18(2)6-9-3-4-10(14)11(15)5-9/h3-5H,6-7H2,1-2H3. The lowest BCUT2D eigenvalue weighted by atomic mass is 10.2. The van der Waals surface area contributed by atoms with Gasteiger partial charge in [-0.05, 0) is 24.6 Å². The largest absolute Gasteiger partial charge is 0.341 e. The third kappa shape index (κ3) is 4.85. The maximum atomic E-state index is 12.1. The molecule has 1 heterocycles. The van der Waals surface area contributed by atoms with Crippen molar-refractivity contribution in [3.63, 3.8) is 0 Å². The van der Waals surface area contributed by atoms with E-state index >= 15 is 0 Å². The van der Waals surface area contributed by atoms with Crippen molar-refractivity contribution >= 4 is 52.2 Å². The molecule has 0 bridgehead atoms. The number of carbonyl (C=O) groups is 1. The molecule has 1 aromatic carbocycles. The van der Waals surface area contributed by atoms with Crippen LogP contribution in [0, 0.1) is 6.92 Å². The van der Waals surface area contributed by atoms with E-state index in [1.807, 2.05) is 13.0 Å². The summed E-state index contributed by atoms with van der Waals surface area (Å²) in [6.07, 6.45) is 0. The van der Waals surface area contributed by atoms with Gasteiger partial charge in [0.1, 0.15) is 5.01 Å². The van der Waals surface area contributed by atoms with Gasteiger partial charge in [-0.2, -0.15) is 0 Å². The molecule has 2 aromatic rings. The van der Waals surface area contributed by atoms with E-state index in [1.165, 1.54) is 23.1 Å². The molecule has 0 aliphatic rings. The van der Waals surface area contributed by atoms with Crippen LogP contribution in [0.15, 0.2) is 22.5 Å². The Morgan fingerprint density at radius 3 is 2.71 bits per heavy atom. The van der Waals surface area contributed by atoms with E-state index < -0.39 is 0 Å². The molecule has 0 saturated carbocycles. The van der Waals surface area contributed by atoms with E-state index in [0.717, 1.165) is 14.9 Å². The summed E-state index contributed by atoms with van der Waals surface area (Å²) in [4.78, 5) is 13.7. The fraction of sp³-hybridized carbons (Fsp3) is 0.308. The molecule has 4 nitrogen and oxygen atoms in total. The monoisotopic (exact) mass is 361 g/mol. The van der Waals surface area contributed by atoms with Crippen LogP contribution in [0.2, 0.25) is 10.0 Å². The Labute approximate surface area is 141 Å². The maximum Gasteiger partial charge on any atom is 0.233 e. The molecule has 0 unspecified atom stereocenters.